The molecular weight excluding hydrogens is 326 g/mol. The van der Waals surface area contributed by atoms with Gasteiger partial charge in [-0.05, 0) is 26.8 Å². The highest BCUT2D eigenvalue weighted by molar-refractivity contribution is 6.18. The summed E-state index contributed by atoms with van der Waals surface area (Å²) in [7, 11) is 0. The van der Waals surface area contributed by atoms with Crippen molar-refractivity contribution in [2.45, 2.75) is 26.9 Å². The Balaban J connectivity index is 2.37. The van der Waals surface area contributed by atoms with Gasteiger partial charge in [-0.15, -0.1) is 10.2 Å². The average molecular weight is 347 g/mol. The van der Waals surface area contributed by atoms with E-state index >= 15 is 0 Å². The first-order valence-electron chi connectivity index (χ1n) is 8.46. The molecule has 6 nitrogen and oxygen atoms in total. The van der Waals surface area contributed by atoms with E-state index in [-0.39, 0.29) is 0 Å². The Kier molecular flexibility index (Phi) is 5.22. The summed E-state index contributed by atoms with van der Waals surface area (Å²) < 4.78 is 1.94. The molecule has 0 saturated heterocycles. The lowest BCUT2D eigenvalue weighted by atomic mass is 9.99. The number of allylic oxidation sites excluding steroid dienone is 6. The molecule has 0 radical (unpaired) electrons. The van der Waals surface area contributed by atoms with Crippen molar-refractivity contribution >= 4 is 17.8 Å². The largest absolute Gasteiger partial charge is 0.331 e. The van der Waals surface area contributed by atoms with E-state index in [4.69, 9.17) is 4.99 Å². The standard InChI is InChI=1S/C20H21N5O/c1-4-9-16-17(10-5-2)25-14(3)23-24-20(25)19(21-13-26)22-18(16)15-11-7-6-8-12-15/h4-13,19H,1-3H3,(H,21,26)/b9-4-,10-5-. The van der Waals surface area contributed by atoms with Crippen molar-refractivity contribution in [1.82, 2.24) is 20.1 Å². The summed E-state index contributed by atoms with van der Waals surface area (Å²) >= 11 is 0. The monoisotopic (exact) mass is 347 g/mol. The number of aryl methyl sites for hydroxylation is 1. The predicted octanol–water partition coefficient (Wildman–Crippen LogP) is 3.20. The highest BCUT2D eigenvalue weighted by Crippen LogP contribution is 2.30. The van der Waals surface area contributed by atoms with Gasteiger partial charge in [0.1, 0.15) is 5.82 Å². The van der Waals surface area contributed by atoms with Crippen LogP contribution in [-0.4, -0.2) is 26.9 Å². The second kappa shape index (κ2) is 7.74. The van der Waals surface area contributed by atoms with Crippen molar-refractivity contribution in [3.05, 3.63) is 77.4 Å². The number of rotatable bonds is 5. The molecule has 1 aliphatic heterocycles. The van der Waals surface area contributed by atoms with Crippen LogP contribution in [0.5, 0.6) is 0 Å². The molecule has 6 heteroatoms. The summed E-state index contributed by atoms with van der Waals surface area (Å²) in [4.78, 5) is 16.0. The molecule has 0 bridgehead atoms. The van der Waals surface area contributed by atoms with Gasteiger partial charge in [0.15, 0.2) is 12.0 Å². The average Bonchev–Trinajstić information content (AvgIpc) is 2.98. The predicted molar refractivity (Wildman–Crippen MR) is 103 cm³/mol. The smallest absolute Gasteiger partial charge is 0.209 e. The number of fused-ring (bicyclic) bond motifs is 1. The highest BCUT2D eigenvalue weighted by Gasteiger charge is 2.27. The van der Waals surface area contributed by atoms with Crippen LogP contribution in [0.15, 0.2) is 65.2 Å². The van der Waals surface area contributed by atoms with Crippen LogP contribution in [0, 0.1) is 6.92 Å². The van der Waals surface area contributed by atoms with Crippen molar-refractivity contribution in [1.29, 1.82) is 0 Å². The molecule has 0 aliphatic carbocycles. The lowest BCUT2D eigenvalue weighted by Gasteiger charge is -2.13. The number of aromatic nitrogens is 3. The third kappa shape index (κ3) is 3.13. The number of benzene rings is 1. The number of carbonyl (C=O) groups is 1. The molecule has 1 N–H and O–H groups in total. The zero-order valence-corrected chi connectivity index (χ0v) is 15.0. The quantitative estimate of drug-likeness (QED) is 0.844. The van der Waals surface area contributed by atoms with Gasteiger partial charge in [-0.1, -0.05) is 48.6 Å². The first-order valence-corrected chi connectivity index (χ1v) is 8.46. The van der Waals surface area contributed by atoms with Gasteiger partial charge < -0.3 is 5.32 Å². The van der Waals surface area contributed by atoms with E-state index in [1.165, 1.54) is 0 Å². The molecule has 1 aromatic heterocycles. The molecule has 1 amide bonds. The van der Waals surface area contributed by atoms with Gasteiger partial charge in [0.25, 0.3) is 0 Å². The summed E-state index contributed by atoms with van der Waals surface area (Å²) in [6.07, 6.45) is 8.00. The number of aliphatic imine (C=N–C) groups is 1. The van der Waals surface area contributed by atoms with Crippen LogP contribution >= 0.6 is 0 Å². The third-order valence-corrected chi connectivity index (χ3v) is 4.06. The Hall–Kier alpha value is -3.28. The number of nitrogens with one attached hydrogen (secondary N) is 1. The fraction of sp³-hybridized carbons (Fsp3) is 0.200. The van der Waals surface area contributed by atoms with E-state index < -0.39 is 6.17 Å². The van der Waals surface area contributed by atoms with Crippen LogP contribution in [0.1, 0.15) is 37.2 Å². The van der Waals surface area contributed by atoms with Gasteiger partial charge in [0.05, 0.1) is 11.4 Å². The van der Waals surface area contributed by atoms with Crippen LogP contribution in [0.2, 0.25) is 0 Å². The maximum Gasteiger partial charge on any atom is 0.209 e. The van der Waals surface area contributed by atoms with Crippen molar-refractivity contribution in [2.24, 2.45) is 4.99 Å². The Morgan fingerprint density at radius 1 is 1.08 bits per heavy atom. The van der Waals surface area contributed by atoms with E-state index in [9.17, 15) is 4.79 Å². The van der Waals surface area contributed by atoms with Gasteiger partial charge in [0, 0.05) is 11.1 Å². The third-order valence-electron chi connectivity index (χ3n) is 4.06. The van der Waals surface area contributed by atoms with Crippen molar-refractivity contribution in [3.8, 4) is 0 Å². The van der Waals surface area contributed by atoms with E-state index in [0.29, 0.717) is 12.2 Å². The van der Waals surface area contributed by atoms with Gasteiger partial charge in [0.2, 0.25) is 6.41 Å². The first kappa shape index (κ1) is 17.5. The normalized spacial score (nSPS) is 17.3. The minimum Gasteiger partial charge on any atom is -0.331 e. The second-order valence-electron chi connectivity index (χ2n) is 5.77. The van der Waals surface area contributed by atoms with Crippen molar-refractivity contribution in [3.63, 3.8) is 0 Å². The molecule has 3 rings (SSSR count). The van der Waals surface area contributed by atoms with Crippen LogP contribution in [0.25, 0.3) is 5.70 Å². The minimum atomic E-state index is -0.619. The number of nitrogens with zero attached hydrogens (tertiary/aromatic N) is 4. The fourth-order valence-electron chi connectivity index (χ4n) is 3.01. The zero-order valence-electron chi connectivity index (χ0n) is 15.0. The second-order valence-corrected chi connectivity index (χ2v) is 5.77. The SMILES string of the molecule is C/C=C\C1=C(/C=C\C)n2c(C)nnc2C(NC=O)N=C1c1ccccc1. The zero-order chi connectivity index (χ0) is 18.5. The molecule has 2 aromatic rings. The summed E-state index contributed by atoms with van der Waals surface area (Å²) in [5.41, 5.74) is 3.62. The molecule has 0 saturated carbocycles. The Morgan fingerprint density at radius 2 is 1.81 bits per heavy atom. The number of hydrogen-bond donors (Lipinski definition) is 1. The highest BCUT2D eigenvalue weighted by atomic mass is 16.1. The number of amides is 1. The lowest BCUT2D eigenvalue weighted by Crippen LogP contribution is -2.21. The van der Waals surface area contributed by atoms with E-state index in [2.05, 4.69) is 15.5 Å². The van der Waals surface area contributed by atoms with Gasteiger partial charge in [-0.2, -0.15) is 0 Å². The molecule has 1 atom stereocenters. The molecule has 2 heterocycles. The molecule has 26 heavy (non-hydrogen) atoms. The maximum absolute atomic E-state index is 11.2. The summed E-state index contributed by atoms with van der Waals surface area (Å²) in [6, 6.07) is 9.92. The Morgan fingerprint density at radius 3 is 2.46 bits per heavy atom. The molecule has 0 fully saturated rings. The van der Waals surface area contributed by atoms with Crippen LogP contribution in [0.3, 0.4) is 0 Å². The summed E-state index contributed by atoms with van der Waals surface area (Å²) in [5, 5.41) is 11.2. The summed E-state index contributed by atoms with van der Waals surface area (Å²) in [6.45, 7) is 5.82. The van der Waals surface area contributed by atoms with E-state index in [1.54, 1.807) is 0 Å². The molecule has 1 aliphatic rings. The van der Waals surface area contributed by atoms with Crippen molar-refractivity contribution < 1.29 is 4.79 Å². The van der Waals surface area contributed by atoms with E-state index in [0.717, 1.165) is 28.4 Å². The number of hydrogen-bond acceptors (Lipinski definition) is 4. The minimum absolute atomic E-state index is 0.579. The Bertz CT molecular complexity index is 919. The Labute approximate surface area is 152 Å². The first-order chi connectivity index (χ1) is 12.7. The van der Waals surface area contributed by atoms with Crippen LogP contribution in [-0.2, 0) is 4.79 Å². The lowest BCUT2D eigenvalue weighted by molar-refractivity contribution is -0.110. The summed E-state index contributed by atoms with van der Waals surface area (Å²) in [5.74, 6) is 1.31. The van der Waals surface area contributed by atoms with E-state index in [1.807, 2.05) is 80.0 Å². The molecular formula is C20H21N5O. The van der Waals surface area contributed by atoms with Gasteiger partial charge in [-0.3, -0.25) is 14.4 Å². The van der Waals surface area contributed by atoms with Crippen molar-refractivity contribution in [2.75, 3.05) is 0 Å². The van der Waals surface area contributed by atoms with Gasteiger partial charge >= 0.3 is 0 Å². The molecule has 132 valence electrons. The molecule has 1 aromatic carbocycles. The van der Waals surface area contributed by atoms with Gasteiger partial charge in [-0.25, -0.2) is 0 Å². The van der Waals surface area contributed by atoms with Crippen LogP contribution < -0.4 is 5.32 Å². The topological polar surface area (TPSA) is 72.2 Å². The fourth-order valence-corrected chi connectivity index (χ4v) is 3.01. The van der Waals surface area contributed by atoms with Crippen LogP contribution in [0.4, 0.5) is 0 Å². The molecule has 0 spiro atoms. The maximum atomic E-state index is 11.2. The molecule has 1 unspecified atom stereocenters. The number of carbonyl (C=O) groups excluding carboxylic acids is 1.